The Hall–Kier alpha value is -1.82. The molecule has 1 aliphatic heterocycles. The van der Waals surface area contributed by atoms with Gasteiger partial charge in [-0.05, 0) is 13.0 Å². The minimum atomic E-state index is -0.993. The number of Topliss-reactive ketones (excluding diaryl/α,β-unsaturated/α-hetero) is 1. The van der Waals surface area contributed by atoms with Gasteiger partial charge in [-0.1, -0.05) is 11.6 Å². The molecule has 7 heteroatoms. The number of anilines is 2. The molecule has 0 amide bonds. The fourth-order valence-electron chi connectivity index (χ4n) is 1.95. The summed E-state index contributed by atoms with van der Waals surface area (Å²) in [6.45, 7) is 1.87. The predicted octanol–water partition coefficient (Wildman–Crippen LogP) is 1.85. The van der Waals surface area contributed by atoms with E-state index in [0.29, 0.717) is 0 Å². The first kappa shape index (κ1) is 13.6. The highest BCUT2D eigenvalue weighted by Crippen LogP contribution is 2.37. The van der Waals surface area contributed by atoms with Crippen LogP contribution in [0.15, 0.2) is 6.07 Å². The maximum absolute atomic E-state index is 13.5. The number of carbonyl (C=O) groups excluding carboxylic acids is 2. The molecule has 1 heterocycles. The minimum Gasteiger partial charge on any atom is -0.465 e. The van der Waals surface area contributed by atoms with Crippen LogP contribution in [0.5, 0.6) is 0 Å². The van der Waals surface area contributed by atoms with Gasteiger partial charge < -0.3 is 15.8 Å². The molecule has 19 heavy (non-hydrogen) atoms. The predicted molar refractivity (Wildman–Crippen MR) is 68.8 cm³/mol. The van der Waals surface area contributed by atoms with Crippen molar-refractivity contribution >= 4 is 34.7 Å². The molecule has 2 rings (SSSR count). The summed E-state index contributed by atoms with van der Waals surface area (Å²) in [5, 5.41) is 2.58. The first-order valence-corrected chi connectivity index (χ1v) is 6.07. The van der Waals surface area contributed by atoms with Crippen LogP contribution in [0.25, 0.3) is 0 Å². The molecule has 0 saturated carbocycles. The Morgan fingerprint density at radius 3 is 3.00 bits per heavy atom. The molecule has 3 N–H and O–H groups in total. The third kappa shape index (κ3) is 2.23. The van der Waals surface area contributed by atoms with Crippen molar-refractivity contribution < 1.29 is 18.7 Å². The lowest BCUT2D eigenvalue weighted by molar-refractivity contribution is -0.145. The van der Waals surface area contributed by atoms with Crippen LogP contribution < -0.4 is 11.1 Å². The zero-order chi connectivity index (χ0) is 14.2. The van der Waals surface area contributed by atoms with Crippen molar-refractivity contribution in [2.45, 2.75) is 6.92 Å². The number of nitrogen functional groups attached to an aromatic ring is 1. The Morgan fingerprint density at radius 1 is 1.68 bits per heavy atom. The number of carbonyl (C=O) groups is 2. The Kier molecular flexibility index (Phi) is 3.61. The van der Waals surface area contributed by atoms with Crippen LogP contribution in [0.3, 0.4) is 0 Å². The first-order chi connectivity index (χ1) is 8.97. The van der Waals surface area contributed by atoms with Crippen LogP contribution >= 0.6 is 11.6 Å². The fourth-order valence-corrected chi connectivity index (χ4v) is 2.10. The van der Waals surface area contributed by atoms with E-state index in [9.17, 15) is 14.0 Å². The van der Waals surface area contributed by atoms with Crippen molar-refractivity contribution in [3.8, 4) is 0 Å². The van der Waals surface area contributed by atoms with Crippen LogP contribution in [-0.4, -0.2) is 24.9 Å². The molecule has 1 aliphatic rings. The number of hydrogen-bond acceptors (Lipinski definition) is 5. The van der Waals surface area contributed by atoms with E-state index in [0.717, 1.165) is 6.07 Å². The number of ether oxygens (including phenoxy) is 1. The normalized spacial score (nSPS) is 17.6. The maximum atomic E-state index is 13.5. The van der Waals surface area contributed by atoms with Crippen LogP contribution in [0.1, 0.15) is 17.3 Å². The van der Waals surface area contributed by atoms with Crippen LogP contribution in [0.4, 0.5) is 15.8 Å². The van der Waals surface area contributed by atoms with Crippen molar-refractivity contribution in [1.82, 2.24) is 0 Å². The zero-order valence-electron chi connectivity index (χ0n) is 10.1. The van der Waals surface area contributed by atoms with Gasteiger partial charge in [0.1, 0.15) is 16.8 Å². The molecular formula is C12H12ClFN2O3. The van der Waals surface area contributed by atoms with Crippen LogP contribution in [0, 0.1) is 11.7 Å². The average Bonchev–Trinajstić information content (AvgIpc) is 2.38. The molecule has 1 atom stereocenters. The molecule has 0 fully saturated rings. The number of nitrogens with one attached hydrogen (secondary N) is 1. The molecule has 0 saturated heterocycles. The largest absolute Gasteiger partial charge is 0.465 e. The molecule has 1 aromatic rings. The number of halogens is 2. The highest BCUT2D eigenvalue weighted by molar-refractivity contribution is 6.34. The van der Waals surface area contributed by atoms with Crippen molar-refractivity contribution in [3.05, 3.63) is 22.5 Å². The van der Waals surface area contributed by atoms with Crippen molar-refractivity contribution in [3.63, 3.8) is 0 Å². The number of hydrogen-bond donors (Lipinski definition) is 2. The van der Waals surface area contributed by atoms with E-state index in [1.54, 1.807) is 6.92 Å². The third-order valence-corrected chi connectivity index (χ3v) is 3.28. The number of rotatable bonds is 2. The van der Waals surface area contributed by atoms with Gasteiger partial charge >= 0.3 is 5.97 Å². The molecule has 102 valence electrons. The summed E-state index contributed by atoms with van der Waals surface area (Å²) in [7, 11) is 0. The molecule has 0 aliphatic carbocycles. The lowest BCUT2D eigenvalue weighted by Crippen LogP contribution is -2.37. The van der Waals surface area contributed by atoms with Crippen LogP contribution in [-0.2, 0) is 9.53 Å². The van der Waals surface area contributed by atoms with Gasteiger partial charge in [0.15, 0.2) is 5.78 Å². The number of ketones is 1. The summed E-state index contributed by atoms with van der Waals surface area (Å²) in [5.74, 6) is -2.95. The smallest absolute Gasteiger partial charge is 0.318 e. The molecule has 0 aromatic heterocycles. The van der Waals surface area contributed by atoms with Gasteiger partial charge in [0.05, 0.1) is 18.0 Å². The summed E-state index contributed by atoms with van der Waals surface area (Å²) in [6.07, 6.45) is 0. The molecule has 0 radical (unpaired) electrons. The van der Waals surface area contributed by atoms with E-state index >= 15 is 0 Å². The van der Waals surface area contributed by atoms with E-state index in [4.69, 9.17) is 22.1 Å². The van der Waals surface area contributed by atoms with Gasteiger partial charge in [0, 0.05) is 12.1 Å². The lowest BCUT2D eigenvalue weighted by atomic mass is 9.91. The summed E-state index contributed by atoms with van der Waals surface area (Å²) in [5.41, 5.74) is 5.89. The molecule has 1 aromatic carbocycles. The highest BCUT2D eigenvalue weighted by Gasteiger charge is 2.35. The van der Waals surface area contributed by atoms with Gasteiger partial charge in [-0.25, -0.2) is 4.39 Å². The van der Waals surface area contributed by atoms with E-state index in [2.05, 4.69) is 5.32 Å². The number of benzene rings is 1. The third-order valence-electron chi connectivity index (χ3n) is 2.89. The number of nitrogens with two attached hydrogens (primary N) is 1. The topological polar surface area (TPSA) is 81.4 Å². The summed E-state index contributed by atoms with van der Waals surface area (Å²) in [6, 6.07) is 0.981. The Labute approximate surface area is 113 Å². The van der Waals surface area contributed by atoms with E-state index in [1.807, 2.05) is 0 Å². The molecule has 0 spiro atoms. The maximum Gasteiger partial charge on any atom is 0.318 e. The summed E-state index contributed by atoms with van der Waals surface area (Å²) in [4.78, 5) is 23.8. The quantitative estimate of drug-likeness (QED) is 0.493. The second-order valence-corrected chi connectivity index (χ2v) is 4.44. The monoisotopic (exact) mass is 286 g/mol. The minimum absolute atomic E-state index is 0.0173. The van der Waals surface area contributed by atoms with E-state index < -0.39 is 23.5 Å². The first-order valence-electron chi connectivity index (χ1n) is 5.69. The lowest BCUT2D eigenvalue weighted by Gasteiger charge is -2.25. The fraction of sp³-hybridized carbons (Fsp3) is 0.333. The standard InChI is InChI=1S/C12H12ClFN2O3/c1-2-19-12(18)6-4-16-10-5(11(6)17)3-7(14)8(13)9(10)15/h3,6,16H,2,4,15H2,1H3. The van der Waals surface area contributed by atoms with Gasteiger partial charge in [0.25, 0.3) is 0 Å². The van der Waals surface area contributed by atoms with Crippen molar-refractivity contribution in [2.24, 2.45) is 5.92 Å². The average molecular weight is 287 g/mol. The molecule has 1 unspecified atom stereocenters. The Morgan fingerprint density at radius 2 is 2.37 bits per heavy atom. The molecule has 0 bridgehead atoms. The molecule has 5 nitrogen and oxygen atoms in total. The van der Waals surface area contributed by atoms with Gasteiger partial charge in [-0.2, -0.15) is 0 Å². The van der Waals surface area contributed by atoms with E-state index in [-0.39, 0.29) is 35.1 Å². The summed E-state index contributed by atoms with van der Waals surface area (Å²) >= 11 is 5.67. The Balaban J connectivity index is 2.42. The van der Waals surface area contributed by atoms with Crippen molar-refractivity contribution in [1.29, 1.82) is 0 Å². The number of fused-ring (bicyclic) bond motifs is 1. The Bertz CT molecular complexity index is 562. The van der Waals surface area contributed by atoms with E-state index in [1.165, 1.54) is 0 Å². The second-order valence-electron chi connectivity index (χ2n) is 4.06. The van der Waals surface area contributed by atoms with Gasteiger partial charge in [-0.15, -0.1) is 0 Å². The summed E-state index contributed by atoms with van der Waals surface area (Å²) < 4.78 is 18.3. The highest BCUT2D eigenvalue weighted by atomic mass is 35.5. The molecular weight excluding hydrogens is 275 g/mol. The SMILES string of the molecule is CCOC(=O)C1CNc2c(cc(F)c(Cl)c2N)C1=O. The second kappa shape index (κ2) is 5.05. The van der Waals surface area contributed by atoms with Crippen molar-refractivity contribution in [2.75, 3.05) is 24.2 Å². The van der Waals surface area contributed by atoms with Gasteiger partial charge in [0.2, 0.25) is 0 Å². The zero-order valence-corrected chi connectivity index (χ0v) is 10.9. The van der Waals surface area contributed by atoms with Crippen LogP contribution in [0.2, 0.25) is 5.02 Å². The number of esters is 1. The van der Waals surface area contributed by atoms with Gasteiger partial charge in [-0.3, -0.25) is 9.59 Å².